The number of ether oxygens (including phenoxy) is 2. The molecule has 1 rings (SSSR count). The molecule has 1 heterocycles. The molecule has 0 saturated heterocycles. The van der Waals surface area contributed by atoms with Crippen LogP contribution in [0.2, 0.25) is 0 Å². The Labute approximate surface area is 207 Å². The van der Waals surface area contributed by atoms with Crippen molar-refractivity contribution in [2.75, 3.05) is 6.54 Å². The Bertz CT molecular complexity index is 943. The molecule has 0 bridgehead atoms. The lowest BCUT2D eigenvalue weighted by Gasteiger charge is -2.35. The van der Waals surface area contributed by atoms with E-state index in [4.69, 9.17) is 20.3 Å². The van der Waals surface area contributed by atoms with Gasteiger partial charge in [-0.3, -0.25) is 28.9 Å². The SMILES string of the molecule is CC(C)(C)OC(=O)N(C(=O)CCN1C(=O)C=CC1=O)N(C(=O)OC(C)(C)C)C(=O)[C@@H](N)CCC(=O)O. The number of hydrogen-bond acceptors (Lipinski definition) is 10. The second-order valence-electron chi connectivity index (χ2n) is 9.77. The van der Waals surface area contributed by atoms with E-state index in [2.05, 4.69) is 0 Å². The number of nitrogens with zero attached hydrogens (tertiary/aromatic N) is 3. The second-order valence-corrected chi connectivity index (χ2v) is 9.77. The minimum atomic E-state index is -1.61. The lowest BCUT2D eigenvalue weighted by molar-refractivity contribution is -0.161. The van der Waals surface area contributed by atoms with Crippen LogP contribution in [-0.2, 0) is 33.4 Å². The Kier molecular flexibility index (Phi) is 9.86. The number of carbonyl (C=O) groups is 7. The molecule has 0 spiro atoms. The lowest BCUT2D eigenvalue weighted by Crippen LogP contribution is -2.61. The van der Waals surface area contributed by atoms with Crippen molar-refractivity contribution in [2.45, 2.75) is 78.0 Å². The van der Waals surface area contributed by atoms with Crippen LogP contribution in [0.1, 0.15) is 60.8 Å². The fourth-order valence-corrected chi connectivity index (χ4v) is 2.70. The van der Waals surface area contributed by atoms with Crippen LogP contribution >= 0.6 is 0 Å². The number of hydrazine groups is 1. The van der Waals surface area contributed by atoms with Gasteiger partial charge in [-0.1, -0.05) is 0 Å². The molecule has 36 heavy (non-hydrogen) atoms. The van der Waals surface area contributed by atoms with E-state index in [1.54, 1.807) is 0 Å². The molecule has 0 saturated carbocycles. The van der Waals surface area contributed by atoms with E-state index in [1.807, 2.05) is 0 Å². The summed E-state index contributed by atoms with van der Waals surface area (Å²) in [6, 6.07) is -1.61. The summed E-state index contributed by atoms with van der Waals surface area (Å²) in [5.74, 6) is -5.14. The molecular weight excluding hydrogens is 480 g/mol. The Balaban J connectivity index is 3.41. The van der Waals surface area contributed by atoms with E-state index >= 15 is 0 Å². The Morgan fingerprint density at radius 1 is 0.889 bits per heavy atom. The lowest BCUT2D eigenvalue weighted by atomic mass is 10.1. The molecule has 0 unspecified atom stereocenters. The second kappa shape index (κ2) is 11.7. The molecular formula is C22H32N4O10. The summed E-state index contributed by atoms with van der Waals surface area (Å²) in [7, 11) is 0. The molecule has 0 radical (unpaired) electrons. The van der Waals surface area contributed by atoms with Gasteiger partial charge >= 0.3 is 18.2 Å². The highest BCUT2D eigenvalue weighted by molar-refractivity contribution is 6.13. The van der Waals surface area contributed by atoms with E-state index in [0.29, 0.717) is 0 Å². The fraction of sp³-hybridized carbons (Fsp3) is 0.591. The number of amides is 6. The molecule has 1 atom stereocenters. The maximum absolute atomic E-state index is 13.2. The summed E-state index contributed by atoms with van der Waals surface area (Å²) >= 11 is 0. The average molecular weight is 513 g/mol. The molecule has 6 amide bonds. The Morgan fingerprint density at radius 2 is 1.33 bits per heavy atom. The van der Waals surface area contributed by atoms with Crippen LogP contribution in [0.25, 0.3) is 0 Å². The van der Waals surface area contributed by atoms with Gasteiger partial charge in [-0.25, -0.2) is 9.59 Å². The summed E-state index contributed by atoms with van der Waals surface area (Å²) in [5.41, 5.74) is 3.44. The van der Waals surface area contributed by atoms with E-state index < -0.39 is 84.8 Å². The van der Waals surface area contributed by atoms with Crippen LogP contribution in [0.4, 0.5) is 9.59 Å². The number of nitrogens with two attached hydrogens (primary N) is 1. The number of imide groups is 3. The molecule has 0 aromatic carbocycles. The fourth-order valence-electron chi connectivity index (χ4n) is 2.70. The van der Waals surface area contributed by atoms with Gasteiger partial charge in [0.1, 0.15) is 11.2 Å². The van der Waals surface area contributed by atoms with Gasteiger partial charge in [0.2, 0.25) is 0 Å². The summed E-state index contributed by atoms with van der Waals surface area (Å²) in [6.45, 7) is 8.35. The standard InChI is InChI=1S/C22H32N4O10/c1-21(2,3)35-19(33)25(16(29)11-12-24-14(27)8-9-15(24)28)26(20(34)36-22(4,5)6)18(32)13(23)7-10-17(30)31/h8-9,13H,7,10-12,23H2,1-6H3,(H,30,31)/t13-/m0/s1. The first kappa shape index (κ1) is 30.2. The molecule has 0 aliphatic carbocycles. The van der Waals surface area contributed by atoms with Crippen molar-refractivity contribution >= 4 is 41.8 Å². The van der Waals surface area contributed by atoms with Crippen LogP contribution in [0.3, 0.4) is 0 Å². The Morgan fingerprint density at radius 3 is 1.75 bits per heavy atom. The predicted molar refractivity (Wildman–Crippen MR) is 121 cm³/mol. The summed E-state index contributed by atoms with van der Waals surface area (Å²) < 4.78 is 10.4. The highest BCUT2D eigenvalue weighted by Crippen LogP contribution is 2.19. The zero-order chi connectivity index (χ0) is 28.0. The van der Waals surface area contributed by atoms with Crippen LogP contribution in [0.5, 0.6) is 0 Å². The molecule has 0 aromatic rings. The summed E-state index contributed by atoms with van der Waals surface area (Å²) in [6.07, 6.45) is -2.53. The Hall–Kier alpha value is -3.81. The predicted octanol–water partition coefficient (Wildman–Crippen LogP) is 0.936. The first-order valence-electron chi connectivity index (χ1n) is 11.0. The third kappa shape index (κ3) is 9.09. The van der Waals surface area contributed by atoms with Crippen molar-refractivity contribution in [1.82, 2.24) is 14.9 Å². The van der Waals surface area contributed by atoms with Crippen molar-refractivity contribution in [1.29, 1.82) is 0 Å². The molecule has 200 valence electrons. The summed E-state index contributed by atoms with van der Waals surface area (Å²) in [5, 5.41) is 9.04. The van der Waals surface area contributed by atoms with Crippen LogP contribution in [0, 0.1) is 0 Å². The molecule has 0 fully saturated rings. The van der Waals surface area contributed by atoms with E-state index in [9.17, 15) is 33.6 Å². The third-order valence-corrected chi connectivity index (χ3v) is 4.21. The average Bonchev–Trinajstić information content (AvgIpc) is 3.02. The minimum Gasteiger partial charge on any atom is -0.481 e. The minimum absolute atomic E-state index is 0.0556. The van der Waals surface area contributed by atoms with Gasteiger partial charge in [0.15, 0.2) is 0 Å². The van der Waals surface area contributed by atoms with Gasteiger partial charge in [0, 0.05) is 31.5 Å². The van der Waals surface area contributed by atoms with E-state index in [0.717, 1.165) is 17.1 Å². The third-order valence-electron chi connectivity index (χ3n) is 4.21. The molecule has 14 nitrogen and oxygen atoms in total. The van der Waals surface area contributed by atoms with Crippen LogP contribution in [-0.4, -0.2) is 85.6 Å². The first-order valence-corrected chi connectivity index (χ1v) is 11.0. The molecule has 14 heteroatoms. The quantitative estimate of drug-likeness (QED) is 0.364. The van der Waals surface area contributed by atoms with Crippen molar-refractivity contribution in [3.8, 4) is 0 Å². The number of carbonyl (C=O) groups excluding carboxylic acids is 6. The smallest absolute Gasteiger partial charge is 0.437 e. The van der Waals surface area contributed by atoms with Gasteiger partial charge in [0.25, 0.3) is 23.6 Å². The van der Waals surface area contributed by atoms with Crippen LogP contribution in [0.15, 0.2) is 12.2 Å². The van der Waals surface area contributed by atoms with Crippen molar-refractivity contribution in [3.63, 3.8) is 0 Å². The topological polar surface area (TPSA) is 194 Å². The van der Waals surface area contributed by atoms with Gasteiger partial charge in [0.05, 0.1) is 6.04 Å². The van der Waals surface area contributed by atoms with Crippen molar-refractivity contribution in [2.24, 2.45) is 5.73 Å². The van der Waals surface area contributed by atoms with Crippen LogP contribution < -0.4 is 5.73 Å². The molecule has 1 aliphatic heterocycles. The maximum Gasteiger partial charge on any atom is 0.437 e. The van der Waals surface area contributed by atoms with E-state index in [1.165, 1.54) is 41.5 Å². The van der Waals surface area contributed by atoms with Gasteiger partial charge in [-0.15, -0.1) is 10.0 Å². The highest BCUT2D eigenvalue weighted by Gasteiger charge is 2.43. The first-order chi connectivity index (χ1) is 16.3. The highest BCUT2D eigenvalue weighted by atomic mass is 16.6. The largest absolute Gasteiger partial charge is 0.481 e. The number of aliphatic carboxylic acids is 1. The summed E-state index contributed by atoms with van der Waals surface area (Å²) in [4.78, 5) is 87.6. The zero-order valence-corrected chi connectivity index (χ0v) is 21.1. The van der Waals surface area contributed by atoms with Crippen molar-refractivity contribution < 1.29 is 48.1 Å². The molecule has 3 N–H and O–H groups in total. The number of carboxylic acids is 1. The normalized spacial score (nSPS) is 14.4. The molecule has 1 aliphatic rings. The monoisotopic (exact) mass is 512 g/mol. The van der Waals surface area contributed by atoms with Gasteiger partial charge in [-0.05, 0) is 48.0 Å². The zero-order valence-electron chi connectivity index (χ0n) is 21.1. The van der Waals surface area contributed by atoms with Gasteiger partial charge < -0.3 is 20.3 Å². The van der Waals surface area contributed by atoms with Gasteiger partial charge in [-0.2, -0.15) is 0 Å². The van der Waals surface area contributed by atoms with E-state index in [-0.39, 0.29) is 10.0 Å². The molecule has 0 aromatic heterocycles. The maximum atomic E-state index is 13.2. The number of rotatable bonds is 7. The number of carboxylic acid groups (broad SMARTS) is 1. The van der Waals surface area contributed by atoms with Crippen molar-refractivity contribution in [3.05, 3.63) is 12.2 Å². The number of hydrogen-bond donors (Lipinski definition) is 2.